The molecule has 0 aliphatic heterocycles. The summed E-state index contributed by atoms with van der Waals surface area (Å²) in [6.45, 7) is 0. The predicted molar refractivity (Wildman–Crippen MR) is 144 cm³/mol. The summed E-state index contributed by atoms with van der Waals surface area (Å²) in [7, 11) is 0. The summed E-state index contributed by atoms with van der Waals surface area (Å²) in [6.07, 6.45) is 1.54. The Morgan fingerprint density at radius 3 is 2.49 bits per heavy atom. The van der Waals surface area contributed by atoms with Crippen LogP contribution < -0.4 is 10.1 Å². The van der Waals surface area contributed by atoms with Gasteiger partial charge in [-0.2, -0.15) is 13.2 Å². The van der Waals surface area contributed by atoms with Gasteiger partial charge >= 0.3 is 6.18 Å². The number of aromatic nitrogens is 4. The van der Waals surface area contributed by atoms with Crippen LogP contribution in [-0.2, 0) is 6.18 Å². The van der Waals surface area contributed by atoms with E-state index in [-0.39, 0.29) is 18.0 Å². The third-order valence-electron chi connectivity index (χ3n) is 6.69. The highest BCUT2D eigenvalue weighted by Crippen LogP contribution is 2.34. The fraction of sp³-hybridized carbons (Fsp3) is 0.250. The number of anilines is 1. The Morgan fingerprint density at radius 2 is 1.72 bits per heavy atom. The smallest absolute Gasteiger partial charge is 0.434 e. The van der Waals surface area contributed by atoms with Gasteiger partial charge in [-0.25, -0.2) is 9.97 Å². The van der Waals surface area contributed by atoms with Gasteiger partial charge in [0.25, 0.3) is 0 Å². The zero-order valence-electron chi connectivity index (χ0n) is 20.6. The molecule has 0 amide bonds. The number of rotatable bonds is 6. The molecule has 1 aliphatic rings. The molecule has 1 saturated carbocycles. The molecule has 0 spiro atoms. The fourth-order valence-corrected chi connectivity index (χ4v) is 5.61. The minimum atomic E-state index is -4.50. The average Bonchev–Trinajstić information content (AvgIpc) is 3.58. The largest absolute Gasteiger partial charge is 0.457 e. The molecule has 3 aromatic heterocycles. The molecular formula is C28H24F3N5O2S. The van der Waals surface area contributed by atoms with Gasteiger partial charge in [-0.05, 0) is 31.0 Å². The van der Waals surface area contributed by atoms with Crippen LogP contribution in [0.5, 0.6) is 11.5 Å². The number of nitrogens with one attached hydrogen (secondary N) is 2. The molecular weight excluding hydrogens is 527 g/mol. The Bertz CT molecular complexity index is 1600. The molecule has 200 valence electrons. The van der Waals surface area contributed by atoms with E-state index in [9.17, 15) is 18.3 Å². The number of H-pyrrole nitrogens is 1. The second kappa shape index (κ2) is 10.3. The van der Waals surface area contributed by atoms with Gasteiger partial charge in [0.15, 0.2) is 10.8 Å². The third kappa shape index (κ3) is 5.59. The van der Waals surface area contributed by atoms with Crippen molar-refractivity contribution in [2.75, 3.05) is 5.32 Å². The van der Waals surface area contributed by atoms with Crippen molar-refractivity contribution in [3.63, 3.8) is 0 Å². The zero-order chi connectivity index (χ0) is 27.0. The van der Waals surface area contributed by atoms with Crippen LogP contribution in [0.25, 0.3) is 32.9 Å². The highest BCUT2D eigenvalue weighted by molar-refractivity contribution is 7.22. The molecule has 2 atom stereocenters. The summed E-state index contributed by atoms with van der Waals surface area (Å²) >= 11 is 1.52. The molecule has 2 aromatic carbocycles. The van der Waals surface area contributed by atoms with E-state index in [1.807, 2.05) is 18.2 Å². The number of hydrogen-bond donors (Lipinski definition) is 3. The molecule has 0 unspecified atom stereocenters. The molecule has 6 rings (SSSR count). The SMILES string of the molecule is O[C@@H]1CCCC[C@H]1Nc1nc2ccc(Oc3ccnc(-c4ccc(-c5nc(C(F)(F)F)c[nH]5)cc4)c3)cc2s1. The maximum absolute atomic E-state index is 12.9. The van der Waals surface area contributed by atoms with Crippen molar-refractivity contribution in [3.8, 4) is 34.1 Å². The average molecular weight is 552 g/mol. The van der Waals surface area contributed by atoms with Gasteiger partial charge in [0.05, 0.1) is 28.1 Å². The molecule has 0 bridgehead atoms. The standard InChI is InChI=1S/C28H24F3N5O2S/c29-28(30,31)25-15-33-26(36-25)17-7-5-16(6-8-17)22-13-19(11-12-32-22)38-18-9-10-21-24(14-18)39-27(35-21)34-20-3-1-2-4-23(20)37/h5-15,20,23,37H,1-4H2,(H,33,36)(H,34,35)/t20-,23-/m1/s1. The lowest BCUT2D eigenvalue weighted by Gasteiger charge is -2.27. The number of imidazole rings is 1. The number of fused-ring (bicyclic) bond motifs is 1. The molecule has 11 heteroatoms. The third-order valence-corrected chi connectivity index (χ3v) is 7.64. The van der Waals surface area contributed by atoms with E-state index in [1.165, 1.54) is 11.3 Å². The van der Waals surface area contributed by atoms with Crippen molar-refractivity contribution < 1.29 is 23.0 Å². The Labute approximate surface area is 225 Å². The monoisotopic (exact) mass is 551 g/mol. The van der Waals surface area contributed by atoms with Crippen LogP contribution >= 0.6 is 11.3 Å². The van der Waals surface area contributed by atoms with Gasteiger partial charge in [0, 0.05) is 35.7 Å². The van der Waals surface area contributed by atoms with Crippen molar-refractivity contribution in [2.24, 2.45) is 0 Å². The fourth-order valence-electron chi connectivity index (χ4n) is 4.65. The molecule has 5 aromatic rings. The zero-order valence-corrected chi connectivity index (χ0v) is 21.4. The van der Waals surface area contributed by atoms with E-state index in [1.54, 1.807) is 42.6 Å². The number of ether oxygens (including phenoxy) is 1. The minimum absolute atomic E-state index is 0.0239. The van der Waals surface area contributed by atoms with Gasteiger partial charge in [-0.15, -0.1) is 0 Å². The van der Waals surface area contributed by atoms with Gasteiger partial charge < -0.3 is 20.1 Å². The topological polar surface area (TPSA) is 95.9 Å². The molecule has 7 nitrogen and oxygen atoms in total. The van der Waals surface area contributed by atoms with Crippen LogP contribution in [-0.4, -0.2) is 37.2 Å². The van der Waals surface area contributed by atoms with Crippen molar-refractivity contribution in [1.29, 1.82) is 0 Å². The molecule has 0 radical (unpaired) electrons. The van der Waals surface area contributed by atoms with E-state index in [4.69, 9.17) is 4.74 Å². The normalized spacial score (nSPS) is 17.8. The Hall–Kier alpha value is -3.96. The first-order valence-electron chi connectivity index (χ1n) is 12.5. The number of aliphatic hydroxyl groups is 1. The number of nitrogens with zero attached hydrogens (tertiary/aromatic N) is 3. The maximum Gasteiger partial charge on any atom is 0.434 e. The van der Waals surface area contributed by atoms with E-state index in [0.717, 1.165) is 52.8 Å². The Morgan fingerprint density at radius 1 is 0.949 bits per heavy atom. The lowest BCUT2D eigenvalue weighted by molar-refractivity contribution is -0.140. The maximum atomic E-state index is 12.9. The van der Waals surface area contributed by atoms with Crippen LogP contribution in [0.3, 0.4) is 0 Å². The Kier molecular flexibility index (Phi) is 6.69. The van der Waals surface area contributed by atoms with Crippen molar-refractivity contribution in [1.82, 2.24) is 19.9 Å². The summed E-state index contributed by atoms with van der Waals surface area (Å²) < 4.78 is 45.7. The van der Waals surface area contributed by atoms with Crippen molar-refractivity contribution in [2.45, 2.75) is 44.0 Å². The van der Waals surface area contributed by atoms with Gasteiger partial charge in [-0.1, -0.05) is 48.4 Å². The molecule has 39 heavy (non-hydrogen) atoms. The summed E-state index contributed by atoms with van der Waals surface area (Å²) in [4.78, 5) is 15.3. The van der Waals surface area contributed by atoms with Gasteiger partial charge in [0.1, 0.15) is 17.3 Å². The second-order valence-corrected chi connectivity index (χ2v) is 10.5. The lowest BCUT2D eigenvalue weighted by Crippen LogP contribution is -2.36. The van der Waals surface area contributed by atoms with Crippen molar-refractivity contribution >= 4 is 26.7 Å². The first-order chi connectivity index (χ1) is 18.8. The number of benzene rings is 2. The van der Waals surface area contributed by atoms with Gasteiger partial charge in [-0.3, -0.25) is 4.98 Å². The summed E-state index contributed by atoms with van der Waals surface area (Å²) in [5.41, 5.74) is 1.87. The van der Waals surface area contributed by atoms with E-state index in [2.05, 4.69) is 25.3 Å². The van der Waals surface area contributed by atoms with E-state index in [0.29, 0.717) is 22.8 Å². The molecule has 3 N–H and O–H groups in total. The Balaban J connectivity index is 1.16. The number of pyridine rings is 1. The number of alkyl halides is 3. The second-order valence-electron chi connectivity index (χ2n) is 9.44. The summed E-state index contributed by atoms with van der Waals surface area (Å²) in [5.74, 6) is 1.39. The predicted octanol–water partition coefficient (Wildman–Crippen LogP) is 7.27. The van der Waals surface area contributed by atoms with E-state index >= 15 is 0 Å². The number of halogens is 3. The van der Waals surface area contributed by atoms with Crippen LogP contribution in [0, 0.1) is 0 Å². The van der Waals surface area contributed by atoms with E-state index < -0.39 is 11.9 Å². The van der Waals surface area contributed by atoms with Crippen molar-refractivity contribution in [3.05, 3.63) is 72.7 Å². The van der Waals surface area contributed by atoms with Crippen LogP contribution in [0.1, 0.15) is 31.4 Å². The van der Waals surface area contributed by atoms with Crippen LogP contribution in [0.15, 0.2) is 67.0 Å². The quantitative estimate of drug-likeness (QED) is 0.205. The number of aliphatic hydroxyl groups excluding tert-OH is 1. The molecule has 1 fully saturated rings. The first-order valence-corrected chi connectivity index (χ1v) is 13.4. The lowest BCUT2D eigenvalue weighted by atomic mass is 9.93. The molecule has 1 aliphatic carbocycles. The molecule has 0 saturated heterocycles. The van der Waals surface area contributed by atoms with Crippen LogP contribution in [0.4, 0.5) is 18.3 Å². The molecule has 3 heterocycles. The first kappa shape index (κ1) is 25.3. The number of aromatic amines is 1. The van der Waals surface area contributed by atoms with Crippen LogP contribution in [0.2, 0.25) is 0 Å². The minimum Gasteiger partial charge on any atom is -0.457 e. The number of hydrogen-bond acceptors (Lipinski definition) is 7. The summed E-state index contributed by atoms with van der Waals surface area (Å²) in [5, 5.41) is 14.4. The number of thiazole rings is 1. The highest BCUT2D eigenvalue weighted by Gasteiger charge is 2.33. The highest BCUT2D eigenvalue weighted by atomic mass is 32.1. The summed E-state index contributed by atoms with van der Waals surface area (Å²) in [6, 6.07) is 16.2. The van der Waals surface area contributed by atoms with Gasteiger partial charge in [0.2, 0.25) is 0 Å².